The Kier molecular flexibility index (Phi) is 4.92. The summed E-state index contributed by atoms with van der Waals surface area (Å²) >= 11 is 9.25. The van der Waals surface area contributed by atoms with Gasteiger partial charge >= 0.3 is 0 Å². The zero-order chi connectivity index (χ0) is 19.8. The molecular weight excluding hydrogens is 418 g/mol. The first kappa shape index (κ1) is 18.7. The highest BCUT2D eigenvalue weighted by atomic mass is 35.5. The molecule has 0 bridgehead atoms. The van der Waals surface area contributed by atoms with Crippen LogP contribution in [-0.2, 0) is 4.79 Å². The van der Waals surface area contributed by atoms with Gasteiger partial charge in [0, 0.05) is 17.0 Å². The molecule has 0 spiro atoms. The summed E-state index contributed by atoms with van der Waals surface area (Å²) in [5.41, 5.74) is 6.79. The number of nitrogens with zero attached hydrogens (tertiary/aromatic N) is 1. The Morgan fingerprint density at radius 2 is 2.11 bits per heavy atom. The van der Waals surface area contributed by atoms with Gasteiger partial charge in [0.05, 0.1) is 30.6 Å². The number of halogens is 1. The lowest BCUT2D eigenvalue weighted by molar-refractivity contribution is -0.118. The fraction of sp³-hybridized carbons (Fsp3) is 0.105. The lowest BCUT2D eigenvalue weighted by atomic mass is 10.2. The largest absolute Gasteiger partial charge is 0.483 e. The first-order chi connectivity index (χ1) is 13.4. The van der Waals surface area contributed by atoms with Crippen molar-refractivity contribution in [2.24, 2.45) is 5.73 Å². The zero-order valence-electron chi connectivity index (χ0n) is 14.6. The smallest absolute Gasteiger partial charge is 0.262 e. The second kappa shape index (κ2) is 7.38. The molecule has 0 saturated carbocycles. The average Bonchev–Trinajstić information content (AvgIpc) is 3.27. The number of rotatable bonds is 5. The fourth-order valence-corrected chi connectivity index (χ4v) is 4.81. The predicted octanol–water partition coefficient (Wildman–Crippen LogP) is 4.59. The number of anilines is 1. The Morgan fingerprint density at radius 3 is 2.89 bits per heavy atom. The maximum Gasteiger partial charge on any atom is 0.262 e. The van der Waals surface area contributed by atoms with E-state index in [9.17, 15) is 9.59 Å². The number of thiazole rings is 1. The molecule has 0 saturated heterocycles. The molecule has 0 radical (unpaired) electrons. The Labute approximate surface area is 172 Å². The Bertz CT molecular complexity index is 1230. The molecule has 0 aliphatic rings. The summed E-state index contributed by atoms with van der Waals surface area (Å²) in [7, 11) is 0. The van der Waals surface area contributed by atoms with E-state index in [2.05, 4.69) is 10.3 Å². The monoisotopic (exact) mass is 431 g/mol. The van der Waals surface area contributed by atoms with Crippen LogP contribution in [0.2, 0.25) is 5.02 Å². The molecule has 4 aromatic rings. The van der Waals surface area contributed by atoms with E-state index in [1.165, 1.54) is 18.2 Å². The number of hydrogen-bond donors (Lipinski definition) is 2. The summed E-state index contributed by atoms with van der Waals surface area (Å²) in [4.78, 5) is 28.2. The number of thiophene rings is 1. The highest BCUT2D eigenvalue weighted by Gasteiger charge is 2.14. The molecule has 0 aliphatic carbocycles. The second-order valence-corrected chi connectivity index (χ2v) is 8.57. The third-order valence-corrected chi connectivity index (χ3v) is 6.22. The van der Waals surface area contributed by atoms with E-state index in [1.807, 2.05) is 24.4 Å². The van der Waals surface area contributed by atoms with Gasteiger partial charge in [-0.1, -0.05) is 11.6 Å². The van der Waals surface area contributed by atoms with Crippen molar-refractivity contribution >= 4 is 72.1 Å². The predicted molar refractivity (Wildman–Crippen MR) is 114 cm³/mol. The van der Waals surface area contributed by atoms with Crippen molar-refractivity contribution in [1.29, 1.82) is 0 Å². The molecule has 4 rings (SSSR count). The summed E-state index contributed by atoms with van der Waals surface area (Å²) in [5, 5.41) is 6.82. The van der Waals surface area contributed by atoms with E-state index >= 15 is 0 Å². The van der Waals surface area contributed by atoms with E-state index < -0.39 is 11.8 Å². The lowest BCUT2D eigenvalue weighted by Crippen LogP contribution is -2.21. The molecule has 2 heterocycles. The number of aryl methyl sites for hydroxylation is 1. The maximum absolute atomic E-state index is 12.3. The van der Waals surface area contributed by atoms with Crippen LogP contribution < -0.4 is 15.8 Å². The minimum atomic E-state index is -0.601. The number of carbonyl (C=O) groups excluding carboxylic acids is 2. The van der Waals surface area contributed by atoms with Gasteiger partial charge in [-0.15, -0.1) is 22.7 Å². The first-order valence-electron chi connectivity index (χ1n) is 8.21. The van der Waals surface area contributed by atoms with Crippen LogP contribution in [-0.4, -0.2) is 23.4 Å². The molecule has 2 amide bonds. The van der Waals surface area contributed by atoms with Gasteiger partial charge in [-0.2, -0.15) is 0 Å². The lowest BCUT2D eigenvalue weighted by Gasteiger charge is -2.10. The minimum Gasteiger partial charge on any atom is -0.483 e. The Balaban J connectivity index is 1.54. The summed E-state index contributed by atoms with van der Waals surface area (Å²) in [6.45, 7) is 1.76. The molecule has 0 fully saturated rings. The van der Waals surface area contributed by atoms with Gasteiger partial charge in [-0.3, -0.25) is 9.59 Å². The van der Waals surface area contributed by atoms with Crippen LogP contribution in [0.4, 0.5) is 5.69 Å². The van der Waals surface area contributed by atoms with Crippen molar-refractivity contribution in [3.05, 3.63) is 51.3 Å². The summed E-state index contributed by atoms with van der Waals surface area (Å²) in [5.74, 6) is -0.372. The average molecular weight is 432 g/mol. The molecule has 2 aromatic carbocycles. The van der Waals surface area contributed by atoms with E-state index in [1.54, 1.807) is 22.7 Å². The van der Waals surface area contributed by atoms with Gasteiger partial charge in [-0.05, 0) is 36.6 Å². The van der Waals surface area contributed by atoms with Crippen molar-refractivity contribution in [3.8, 4) is 5.75 Å². The molecule has 0 aliphatic heterocycles. The number of nitrogens with two attached hydrogens (primary N) is 1. The van der Waals surface area contributed by atoms with Crippen LogP contribution in [0.3, 0.4) is 0 Å². The standard InChI is InChI=1S/C19H14ClN3O3S2/c1-9-22-17-15(28-9)7-14(11-4-5-27-18(11)17)26-8-16(24)23-13-6-10(19(21)25)2-3-12(13)20/h2-7H,8H2,1H3,(H2,21,25)(H,23,24). The molecular formula is C19H14ClN3O3S2. The van der Waals surface area contributed by atoms with Gasteiger partial charge < -0.3 is 15.8 Å². The van der Waals surface area contributed by atoms with Crippen molar-refractivity contribution in [3.63, 3.8) is 0 Å². The summed E-state index contributed by atoms with van der Waals surface area (Å²) in [6, 6.07) is 8.30. The molecule has 0 atom stereocenters. The zero-order valence-corrected chi connectivity index (χ0v) is 17.0. The maximum atomic E-state index is 12.3. The highest BCUT2D eigenvalue weighted by molar-refractivity contribution is 7.21. The number of nitrogens with one attached hydrogen (secondary N) is 1. The molecule has 0 unspecified atom stereocenters. The molecule has 2 aromatic heterocycles. The van der Waals surface area contributed by atoms with Crippen LogP contribution in [0, 0.1) is 6.92 Å². The van der Waals surface area contributed by atoms with Crippen LogP contribution in [0.1, 0.15) is 15.4 Å². The van der Waals surface area contributed by atoms with Crippen LogP contribution in [0.25, 0.3) is 20.3 Å². The number of fused-ring (bicyclic) bond motifs is 3. The Hall–Kier alpha value is -2.68. The molecule has 9 heteroatoms. The van der Waals surface area contributed by atoms with Crippen molar-refractivity contribution in [2.45, 2.75) is 6.92 Å². The van der Waals surface area contributed by atoms with Crippen molar-refractivity contribution in [2.75, 3.05) is 11.9 Å². The number of benzene rings is 2. The molecule has 28 heavy (non-hydrogen) atoms. The molecule has 3 N–H and O–H groups in total. The summed E-state index contributed by atoms with van der Waals surface area (Å²) in [6.07, 6.45) is 0. The Morgan fingerprint density at radius 1 is 1.29 bits per heavy atom. The van der Waals surface area contributed by atoms with E-state index in [4.69, 9.17) is 22.1 Å². The number of aromatic nitrogens is 1. The first-order valence-corrected chi connectivity index (χ1v) is 10.3. The van der Waals surface area contributed by atoms with Crippen LogP contribution in [0.15, 0.2) is 35.7 Å². The normalized spacial score (nSPS) is 11.1. The van der Waals surface area contributed by atoms with E-state index in [0.29, 0.717) is 16.5 Å². The SMILES string of the molecule is Cc1nc2c(cc(OCC(=O)Nc3cc(C(N)=O)ccc3Cl)c3ccsc32)s1. The van der Waals surface area contributed by atoms with Gasteiger partial charge in [0.15, 0.2) is 6.61 Å². The molecule has 6 nitrogen and oxygen atoms in total. The highest BCUT2D eigenvalue weighted by Crippen LogP contribution is 2.38. The van der Waals surface area contributed by atoms with Crippen LogP contribution in [0.5, 0.6) is 5.75 Å². The number of primary amides is 1. The number of ether oxygens (including phenoxy) is 1. The number of hydrogen-bond acceptors (Lipinski definition) is 6. The second-order valence-electron chi connectivity index (χ2n) is 6.01. The van der Waals surface area contributed by atoms with E-state index in [-0.39, 0.29) is 12.2 Å². The van der Waals surface area contributed by atoms with Crippen molar-refractivity contribution < 1.29 is 14.3 Å². The number of amides is 2. The topological polar surface area (TPSA) is 94.3 Å². The van der Waals surface area contributed by atoms with Crippen molar-refractivity contribution in [1.82, 2.24) is 4.98 Å². The van der Waals surface area contributed by atoms with Gasteiger partial charge in [0.2, 0.25) is 5.91 Å². The van der Waals surface area contributed by atoms with Gasteiger partial charge in [-0.25, -0.2) is 4.98 Å². The van der Waals surface area contributed by atoms with Gasteiger partial charge in [0.25, 0.3) is 5.91 Å². The van der Waals surface area contributed by atoms with Gasteiger partial charge in [0.1, 0.15) is 5.75 Å². The van der Waals surface area contributed by atoms with Crippen LogP contribution >= 0.6 is 34.3 Å². The summed E-state index contributed by atoms with van der Waals surface area (Å²) < 4.78 is 7.84. The third kappa shape index (κ3) is 3.54. The third-order valence-electron chi connectivity index (χ3n) is 4.05. The fourth-order valence-electron chi connectivity index (χ4n) is 2.81. The quantitative estimate of drug-likeness (QED) is 0.483. The number of carbonyl (C=O) groups is 2. The minimum absolute atomic E-state index is 0.203. The van der Waals surface area contributed by atoms with E-state index in [0.717, 1.165) is 25.3 Å². The molecule has 142 valence electrons.